The van der Waals surface area contributed by atoms with Crippen LogP contribution in [0.15, 0.2) is 46.3 Å². The number of fused-ring (bicyclic) bond motifs is 1. The molecule has 0 aliphatic rings. The highest BCUT2D eigenvalue weighted by Crippen LogP contribution is 2.28. The van der Waals surface area contributed by atoms with Crippen LogP contribution < -0.4 is 5.56 Å². The van der Waals surface area contributed by atoms with Crippen LogP contribution in [0.5, 0.6) is 0 Å². The first-order valence-electron chi connectivity index (χ1n) is 8.12. The second kappa shape index (κ2) is 7.99. The van der Waals surface area contributed by atoms with E-state index in [9.17, 15) is 9.18 Å². The SMILES string of the molecule is CC(C)Cn1c(SCc2c(F)cccc2Cl)nc2cc(Cl)ccc2c1=O. The molecule has 0 fully saturated rings. The second-order valence-corrected chi connectivity index (χ2v) is 8.14. The fraction of sp³-hybridized carbons (Fsp3) is 0.263. The molecule has 0 bridgehead atoms. The lowest BCUT2D eigenvalue weighted by Gasteiger charge is -2.15. The number of hydrogen-bond acceptors (Lipinski definition) is 3. The van der Waals surface area contributed by atoms with Crippen LogP contribution in [0.1, 0.15) is 19.4 Å². The van der Waals surface area contributed by atoms with Gasteiger partial charge in [-0.1, -0.05) is 54.9 Å². The molecule has 0 amide bonds. The molecule has 3 nitrogen and oxygen atoms in total. The van der Waals surface area contributed by atoms with Crippen molar-refractivity contribution in [2.24, 2.45) is 5.92 Å². The van der Waals surface area contributed by atoms with Crippen molar-refractivity contribution in [3.05, 3.63) is 68.2 Å². The Kier molecular flexibility index (Phi) is 5.90. The molecule has 0 aliphatic carbocycles. The lowest BCUT2D eigenvalue weighted by Crippen LogP contribution is -2.25. The van der Waals surface area contributed by atoms with Crippen molar-refractivity contribution in [3.8, 4) is 0 Å². The third kappa shape index (κ3) is 4.05. The highest BCUT2D eigenvalue weighted by atomic mass is 35.5. The van der Waals surface area contributed by atoms with Crippen molar-refractivity contribution in [3.63, 3.8) is 0 Å². The molecular formula is C19H17Cl2FN2OS. The van der Waals surface area contributed by atoms with E-state index in [1.54, 1.807) is 34.9 Å². The Morgan fingerprint density at radius 2 is 2.00 bits per heavy atom. The van der Waals surface area contributed by atoms with Crippen LogP contribution in [0, 0.1) is 11.7 Å². The summed E-state index contributed by atoms with van der Waals surface area (Å²) >= 11 is 13.4. The lowest BCUT2D eigenvalue weighted by atomic mass is 10.2. The first kappa shape index (κ1) is 19.2. The molecule has 0 aliphatic heterocycles. The predicted octanol–water partition coefficient (Wildman–Crippen LogP) is 5.79. The minimum atomic E-state index is -0.369. The van der Waals surface area contributed by atoms with Gasteiger partial charge in [0.05, 0.1) is 10.9 Å². The third-order valence-electron chi connectivity index (χ3n) is 3.84. The van der Waals surface area contributed by atoms with Gasteiger partial charge in [-0.15, -0.1) is 0 Å². The maximum Gasteiger partial charge on any atom is 0.262 e. The average molecular weight is 411 g/mol. The normalized spacial score (nSPS) is 11.5. The molecule has 0 saturated carbocycles. The highest BCUT2D eigenvalue weighted by Gasteiger charge is 2.15. The van der Waals surface area contributed by atoms with Crippen molar-refractivity contribution in [2.45, 2.75) is 31.3 Å². The standard InChI is InChI=1S/C19H17Cl2FN2OS/c1-11(2)9-24-18(25)13-7-6-12(20)8-17(13)23-19(24)26-10-14-15(21)4-3-5-16(14)22/h3-8,11H,9-10H2,1-2H3. The first-order chi connectivity index (χ1) is 12.4. The molecule has 0 spiro atoms. The smallest absolute Gasteiger partial charge is 0.262 e. The van der Waals surface area contributed by atoms with Crippen LogP contribution in [-0.4, -0.2) is 9.55 Å². The summed E-state index contributed by atoms with van der Waals surface area (Å²) in [4.78, 5) is 17.5. The largest absolute Gasteiger partial charge is 0.287 e. The van der Waals surface area contributed by atoms with E-state index in [2.05, 4.69) is 4.98 Å². The third-order valence-corrected chi connectivity index (χ3v) is 5.43. The molecule has 1 heterocycles. The molecule has 0 unspecified atom stereocenters. The molecule has 7 heteroatoms. The van der Waals surface area contributed by atoms with Crippen LogP contribution in [0.4, 0.5) is 4.39 Å². The number of thioether (sulfide) groups is 1. The zero-order valence-corrected chi connectivity index (χ0v) is 16.6. The van der Waals surface area contributed by atoms with Gasteiger partial charge in [0, 0.05) is 27.9 Å². The minimum absolute atomic E-state index is 0.123. The molecule has 136 valence electrons. The van der Waals surface area contributed by atoms with E-state index in [0.717, 1.165) is 0 Å². The van der Waals surface area contributed by atoms with Crippen molar-refractivity contribution in [1.82, 2.24) is 9.55 Å². The highest BCUT2D eigenvalue weighted by molar-refractivity contribution is 7.98. The molecular weight excluding hydrogens is 394 g/mol. The molecule has 3 aromatic rings. The van der Waals surface area contributed by atoms with Gasteiger partial charge in [-0.3, -0.25) is 9.36 Å². The van der Waals surface area contributed by atoms with E-state index < -0.39 is 0 Å². The van der Waals surface area contributed by atoms with Crippen LogP contribution in [-0.2, 0) is 12.3 Å². The van der Waals surface area contributed by atoms with E-state index >= 15 is 0 Å². The summed E-state index contributed by atoms with van der Waals surface area (Å²) in [6.45, 7) is 4.58. The van der Waals surface area contributed by atoms with Crippen LogP contribution in [0.3, 0.4) is 0 Å². The summed E-state index contributed by atoms with van der Waals surface area (Å²) in [7, 11) is 0. The van der Waals surface area contributed by atoms with Gasteiger partial charge < -0.3 is 0 Å². The van der Waals surface area contributed by atoms with E-state index in [4.69, 9.17) is 23.2 Å². The number of nitrogens with zero attached hydrogens (tertiary/aromatic N) is 2. The number of benzene rings is 2. The van der Waals surface area contributed by atoms with Gasteiger partial charge >= 0.3 is 0 Å². The van der Waals surface area contributed by atoms with Crippen LogP contribution in [0.25, 0.3) is 10.9 Å². The van der Waals surface area contributed by atoms with Crippen LogP contribution in [0.2, 0.25) is 10.0 Å². The van der Waals surface area contributed by atoms with Crippen molar-refractivity contribution in [2.75, 3.05) is 0 Å². The van der Waals surface area contributed by atoms with Crippen molar-refractivity contribution >= 4 is 45.9 Å². The average Bonchev–Trinajstić information content (AvgIpc) is 2.57. The van der Waals surface area contributed by atoms with Gasteiger partial charge in [-0.05, 0) is 36.2 Å². The zero-order chi connectivity index (χ0) is 18.8. The van der Waals surface area contributed by atoms with Gasteiger partial charge in [0.25, 0.3) is 5.56 Å². The fourth-order valence-electron chi connectivity index (χ4n) is 2.62. The van der Waals surface area contributed by atoms with Gasteiger partial charge in [-0.2, -0.15) is 0 Å². The molecule has 2 aromatic carbocycles. The molecule has 0 saturated heterocycles. The summed E-state index contributed by atoms with van der Waals surface area (Å²) in [5, 5.41) is 1.92. The Morgan fingerprint density at radius 3 is 2.69 bits per heavy atom. The minimum Gasteiger partial charge on any atom is -0.287 e. The molecule has 0 radical (unpaired) electrons. The number of aromatic nitrogens is 2. The summed E-state index contributed by atoms with van der Waals surface area (Å²) in [5.41, 5.74) is 0.808. The number of rotatable bonds is 5. The Hall–Kier alpha value is -1.56. The lowest BCUT2D eigenvalue weighted by molar-refractivity contribution is 0.475. The maximum atomic E-state index is 14.0. The summed E-state index contributed by atoms with van der Waals surface area (Å²) in [5.74, 6) is 0.171. The van der Waals surface area contributed by atoms with E-state index in [-0.39, 0.29) is 23.0 Å². The van der Waals surface area contributed by atoms with Gasteiger partial charge in [0.1, 0.15) is 5.82 Å². The number of halogens is 3. The van der Waals surface area contributed by atoms with E-state index in [0.29, 0.717) is 38.2 Å². The molecule has 0 atom stereocenters. The van der Waals surface area contributed by atoms with Gasteiger partial charge in [-0.25, -0.2) is 9.37 Å². The molecule has 26 heavy (non-hydrogen) atoms. The van der Waals surface area contributed by atoms with Crippen molar-refractivity contribution < 1.29 is 4.39 Å². The Bertz CT molecular complexity index is 1000. The summed E-state index contributed by atoms with van der Waals surface area (Å²) in [6.07, 6.45) is 0. The summed E-state index contributed by atoms with van der Waals surface area (Å²) in [6, 6.07) is 9.62. The molecule has 3 rings (SSSR count). The topological polar surface area (TPSA) is 34.9 Å². The Balaban J connectivity index is 2.06. The fourth-order valence-corrected chi connectivity index (χ4v) is 4.14. The van der Waals surface area contributed by atoms with Gasteiger partial charge in [0.15, 0.2) is 5.16 Å². The zero-order valence-electron chi connectivity index (χ0n) is 14.3. The molecule has 0 N–H and O–H groups in total. The maximum absolute atomic E-state index is 14.0. The Morgan fingerprint density at radius 1 is 1.23 bits per heavy atom. The monoisotopic (exact) mass is 410 g/mol. The second-order valence-electron chi connectivity index (χ2n) is 6.35. The Labute approximate surface area is 165 Å². The predicted molar refractivity (Wildman–Crippen MR) is 107 cm³/mol. The first-order valence-corrected chi connectivity index (χ1v) is 9.86. The quantitative estimate of drug-likeness (QED) is 0.394. The van der Waals surface area contributed by atoms with E-state index in [1.807, 2.05) is 13.8 Å². The van der Waals surface area contributed by atoms with Gasteiger partial charge in [0.2, 0.25) is 0 Å². The van der Waals surface area contributed by atoms with E-state index in [1.165, 1.54) is 17.8 Å². The molecule has 1 aromatic heterocycles. The van der Waals surface area contributed by atoms with Crippen LogP contribution >= 0.6 is 35.0 Å². The summed E-state index contributed by atoms with van der Waals surface area (Å²) < 4.78 is 15.7. The number of hydrogen-bond donors (Lipinski definition) is 0. The van der Waals surface area contributed by atoms with Crippen molar-refractivity contribution in [1.29, 1.82) is 0 Å².